The van der Waals surface area contributed by atoms with E-state index in [0.29, 0.717) is 38.0 Å². The van der Waals surface area contributed by atoms with Crippen molar-refractivity contribution in [1.29, 1.82) is 0 Å². The normalized spacial score (nSPS) is 25.6. The number of anilines is 1. The summed E-state index contributed by atoms with van der Waals surface area (Å²) in [7, 11) is 1.88. The first-order chi connectivity index (χ1) is 20.3. The zero-order valence-corrected chi connectivity index (χ0v) is 23.9. The summed E-state index contributed by atoms with van der Waals surface area (Å²) in [5.74, 6) is 0.227. The molecular weight excluding hydrogens is 563 g/mol. The minimum atomic E-state index is -4.72. The van der Waals surface area contributed by atoms with Gasteiger partial charge in [0.25, 0.3) is 5.91 Å². The van der Waals surface area contributed by atoms with Gasteiger partial charge in [-0.1, -0.05) is 12.1 Å². The maximum absolute atomic E-state index is 14.4. The molecular formula is C31H32F3N5O4. The maximum atomic E-state index is 14.4. The fourth-order valence-corrected chi connectivity index (χ4v) is 7.55. The number of rotatable bonds is 6. The van der Waals surface area contributed by atoms with E-state index in [9.17, 15) is 27.9 Å². The van der Waals surface area contributed by atoms with Gasteiger partial charge in [-0.25, -0.2) is 4.79 Å². The summed E-state index contributed by atoms with van der Waals surface area (Å²) >= 11 is 0. The molecule has 2 saturated carbocycles. The third-order valence-electron chi connectivity index (χ3n) is 10.1. The SMILES string of the molecule is Cn1cnnc1C1(c2cccc(N3Cc4c(cc(CN(C(=O)O)C5(C)CCC5)cc4C(F)(F)F)C3=O)c2)CC2(CCO2)C1. The Morgan fingerprint density at radius 1 is 1.16 bits per heavy atom. The van der Waals surface area contributed by atoms with E-state index in [1.807, 2.05) is 29.8 Å². The van der Waals surface area contributed by atoms with Gasteiger partial charge >= 0.3 is 12.3 Å². The zero-order chi connectivity index (χ0) is 30.4. The van der Waals surface area contributed by atoms with E-state index in [2.05, 4.69) is 10.2 Å². The number of alkyl halides is 3. The molecule has 2 aromatic carbocycles. The number of halogens is 3. The van der Waals surface area contributed by atoms with E-state index in [4.69, 9.17) is 4.74 Å². The minimum Gasteiger partial charge on any atom is -0.465 e. The summed E-state index contributed by atoms with van der Waals surface area (Å²) in [4.78, 5) is 28.4. The average Bonchev–Trinajstić information content (AvgIpc) is 3.47. The van der Waals surface area contributed by atoms with Gasteiger partial charge in [-0.15, -0.1) is 10.2 Å². The lowest BCUT2D eigenvalue weighted by molar-refractivity contribution is -0.216. The average molecular weight is 596 g/mol. The van der Waals surface area contributed by atoms with Crippen LogP contribution in [0.5, 0.6) is 0 Å². The molecule has 1 N–H and O–H groups in total. The molecule has 12 heteroatoms. The lowest BCUT2D eigenvalue weighted by atomic mass is 9.53. The molecule has 2 amide bonds. The predicted molar refractivity (Wildman–Crippen MR) is 149 cm³/mol. The van der Waals surface area contributed by atoms with Gasteiger partial charge in [-0.2, -0.15) is 13.2 Å². The summed E-state index contributed by atoms with van der Waals surface area (Å²) in [5, 5.41) is 18.4. The molecule has 226 valence electrons. The molecule has 0 radical (unpaired) electrons. The Labute approximate surface area is 246 Å². The number of ether oxygens (including phenoxy) is 1. The van der Waals surface area contributed by atoms with Gasteiger partial charge in [0.05, 0.1) is 29.7 Å². The second kappa shape index (κ2) is 9.28. The minimum absolute atomic E-state index is 0.0483. The van der Waals surface area contributed by atoms with Crippen molar-refractivity contribution in [3.8, 4) is 0 Å². The van der Waals surface area contributed by atoms with E-state index in [1.54, 1.807) is 19.3 Å². The highest BCUT2D eigenvalue weighted by molar-refractivity contribution is 6.10. The molecule has 4 aliphatic rings. The molecule has 1 aromatic heterocycles. The van der Waals surface area contributed by atoms with Crippen LogP contribution < -0.4 is 4.90 Å². The van der Waals surface area contributed by atoms with Crippen molar-refractivity contribution in [3.63, 3.8) is 0 Å². The second-order valence-corrected chi connectivity index (χ2v) is 12.8. The molecule has 1 saturated heterocycles. The number of aromatic nitrogens is 3. The van der Waals surface area contributed by atoms with Gasteiger partial charge in [0.1, 0.15) is 12.2 Å². The molecule has 2 aliphatic carbocycles. The van der Waals surface area contributed by atoms with Crippen molar-refractivity contribution in [2.75, 3.05) is 11.5 Å². The van der Waals surface area contributed by atoms with Gasteiger partial charge in [0.15, 0.2) is 0 Å². The van der Waals surface area contributed by atoms with Gasteiger partial charge in [0, 0.05) is 30.4 Å². The Balaban J connectivity index is 1.24. The molecule has 0 bridgehead atoms. The Kier molecular flexibility index (Phi) is 6.02. The number of amides is 2. The molecule has 0 atom stereocenters. The van der Waals surface area contributed by atoms with Crippen molar-refractivity contribution in [2.45, 2.75) is 81.3 Å². The lowest BCUT2D eigenvalue weighted by Crippen LogP contribution is -2.62. The van der Waals surface area contributed by atoms with Crippen LogP contribution in [-0.4, -0.2) is 54.5 Å². The molecule has 3 fully saturated rings. The van der Waals surface area contributed by atoms with Crippen LogP contribution in [0.4, 0.5) is 23.7 Å². The van der Waals surface area contributed by atoms with Crippen LogP contribution in [0.2, 0.25) is 0 Å². The highest BCUT2D eigenvalue weighted by atomic mass is 19.4. The first-order valence-corrected chi connectivity index (χ1v) is 14.5. The monoisotopic (exact) mass is 595 g/mol. The molecule has 2 aliphatic heterocycles. The third kappa shape index (κ3) is 4.24. The van der Waals surface area contributed by atoms with Crippen LogP contribution in [0, 0.1) is 0 Å². The number of benzene rings is 2. The van der Waals surface area contributed by atoms with E-state index >= 15 is 0 Å². The number of hydrogen-bond acceptors (Lipinski definition) is 5. The molecule has 1 spiro atoms. The fraction of sp³-hybridized carbons (Fsp3) is 0.484. The summed E-state index contributed by atoms with van der Waals surface area (Å²) in [5.41, 5.74) is -0.873. The van der Waals surface area contributed by atoms with E-state index in [0.717, 1.165) is 30.3 Å². The topological polar surface area (TPSA) is 101 Å². The van der Waals surface area contributed by atoms with Gasteiger partial charge < -0.3 is 19.3 Å². The number of carboxylic acid groups (broad SMARTS) is 1. The van der Waals surface area contributed by atoms with Gasteiger partial charge in [-0.3, -0.25) is 9.69 Å². The standard InChI is InChI=1S/C31H32F3N5O4/c1-28(7-4-8-28)39(27(41)42)14-19-11-22-23(24(12-19)31(32,33)34)15-38(25(22)40)21-6-3-5-20(13-21)30(26-36-35-18-37(26)2)16-29(17-30)9-10-43-29/h3,5-6,11-13,18H,4,7-10,14-17H2,1-2H3,(H,41,42). The first-order valence-electron chi connectivity index (χ1n) is 14.5. The lowest BCUT2D eigenvalue weighted by Gasteiger charge is -2.59. The summed E-state index contributed by atoms with van der Waals surface area (Å²) in [6.45, 7) is 2.05. The van der Waals surface area contributed by atoms with Gasteiger partial charge in [0.2, 0.25) is 0 Å². The quantitative estimate of drug-likeness (QED) is 0.395. The summed E-state index contributed by atoms with van der Waals surface area (Å²) < 4.78 is 50.9. The number of hydrogen-bond donors (Lipinski definition) is 1. The Hall–Kier alpha value is -3.93. The third-order valence-corrected chi connectivity index (χ3v) is 10.1. The van der Waals surface area contributed by atoms with E-state index in [1.165, 1.54) is 15.9 Å². The summed E-state index contributed by atoms with van der Waals surface area (Å²) in [6.07, 6.45) is 0.222. The van der Waals surface area contributed by atoms with Crippen LogP contribution in [-0.2, 0) is 36.5 Å². The van der Waals surface area contributed by atoms with Crippen molar-refractivity contribution in [2.24, 2.45) is 7.05 Å². The fourth-order valence-electron chi connectivity index (χ4n) is 7.55. The maximum Gasteiger partial charge on any atom is 0.416 e. The molecule has 7 rings (SSSR count). The Bertz CT molecular complexity index is 1630. The summed E-state index contributed by atoms with van der Waals surface area (Å²) in [6, 6.07) is 9.79. The van der Waals surface area contributed by atoms with E-state index in [-0.39, 0.29) is 35.4 Å². The molecule has 9 nitrogen and oxygen atoms in total. The highest BCUT2D eigenvalue weighted by Crippen LogP contribution is 2.60. The van der Waals surface area contributed by atoms with Crippen molar-refractivity contribution < 1.29 is 32.6 Å². The molecule has 43 heavy (non-hydrogen) atoms. The van der Waals surface area contributed by atoms with Crippen LogP contribution >= 0.6 is 0 Å². The molecule has 3 heterocycles. The van der Waals surface area contributed by atoms with Crippen LogP contribution in [0.3, 0.4) is 0 Å². The Morgan fingerprint density at radius 2 is 1.91 bits per heavy atom. The molecule has 3 aromatic rings. The van der Waals surface area contributed by atoms with Crippen LogP contribution in [0.15, 0.2) is 42.7 Å². The van der Waals surface area contributed by atoms with Crippen molar-refractivity contribution in [1.82, 2.24) is 19.7 Å². The van der Waals surface area contributed by atoms with Crippen LogP contribution in [0.1, 0.15) is 83.9 Å². The van der Waals surface area contributed by atoms with Crippen LogP contribution in [0.25, 0.3) is 0 Å². The highest BCUT2D eigenvalue weighted by Gasteiger charge is 2.62. The van der Waals surface area contributed by atoms with Gasteiger partial charge in [-0.05, 0) is 86.4 Å². The zero-order valence-electron chi connectivity index (χ0n) is 23.9. The largest absolute Gasteiger partial charge is 0.465 e. The van der Waals surface area contributed by atoms with E-state index < -0.39 is 34.7 Å². The predicted octanol–water partition coefficient (Wildman–Crippen LogP) is 5.66. The number of nitrogens with zero attached hydrogens (tertiary/aromatic N) is 5. The van der Waals surface area contributed by atoms with Crippen molar-refractivity contribution >= 4 is 17.7 Å². The number of carbonyl (C=O) groups is 2. The second-order valence-electron chi connectivity index (χ2n) is 12.8. The smallest absolute Gasteiger partial charge is 0.416 e. The number of carbonyl (C=O) groups excluding carboxylic acids is 1. The number of aryl methyl sites for hydroxylation is 1. The number of fused-ring (bicyclic) bond motifs is 1. The molecule has 0 unspecified atom stereocenters. The first kappa shape index (κ1) is 27.9. The Morgan fingerprint density at radius 3 is 2.47 bits per heavy atom. The van der Waals surface area contributed by atoms with Crippen molar-refractivity contribution in [3.05, 3.63) is 76.4 Å².